The van der Waals surface area contributed by atoms with Gasteiger partial charge in [0.2, 0.25) is 5.91 Å². The highest BCUT2D eigenvalue weighted by molar-refractivity contribution is 7.08. The SMILES string of the molecule is CC(C)COc1ccc(NC(=O)CNC(=O)c2ccsc2)cc1Cl. The van der Waals surface area contributed by atoms with Gasteiger partial charge in [0.15, 0.2) is 0 Å². The molecule has 2 aromatic rings. The summed E-state index contributed by atoms with van der Waals surface area (Å²) in [6.45, 7) is 4.55. The van der Waals surface area contributed by atoms with E-state index in [2.05, 4.69) is 10.6 Å². The molecule has 0 fully saturated rings. The van der Waals surface area contributed by atoms with E-state index in [1.54, 1.807) is 35.0 Å². The third-order valence-electron chi connectivity index (χ3n) is 2.98. The molecule has 0 spiro atoms. The van der Waals surface area contributed by atoms with Gasteiger partial charge in [-0.05, 0) is 35.6 Å². The molecule has 7 heteroatoms. The quantitative estimate of drug-likeness (QED) is 0.783. The van der Waals surface area contributed by atoms with E-state index >= 15 is 0 Å². The number of thiophene rings is 1. The van der Waals surface area contributed by atoms with Crippen LogP contribution in [0.5, 0.6) is 5.75 Å². The number of anilines is 1. The Kier molecular flexibility index (Phi) is 6.63. The molecule has 0 aliphatic heterocycles. The van der Waals surface area contributed by atoms with Crippen molar-refractivity contribution in [1.82, 2.24) is 5.32 Å². The Morgan fingerprint density at radius 3 is 2.71 bits per heavy atom. The number of nitrogens with one attached hydrogen (secondary N) is 2. The Morgan fingerprint density at radius 2 is 2.08 bits per heavy atom. The molecule has 1 heterocycles. The first-order valence-electron chi connectivity index (χ1n) is 7.48. The first-order valence-corrected chi connectivity index (χ1v) is 8.80. The number of ether oxygens (including phenoxy) is 1. The molecule has 128 valence electrons. The Labute approximate surface area is 150 Å². The number of amides is 2. The number of halogens is 1. The zero-order chi connectivity index (χ0) is 17.5. The van der Waals surface area contributed by atoms with Crippen molar-refractivity contribution in [3.05, 3.63) is 45.6 Å². The van der Waals surface area contributed by atoms with Gasteiger partial charge in [0.25, 0.3) is 5.91 Å². The van der Waals surface area contributed by atoms with E-state index in [-0.39, 0.29) is 18.4 Å². The number of rotatable bonds is 7. The van der Waals surface area contributed by atoms with Gasteiger partial charge >= 0.3 is 0 Å². The van der Waals surface area contributed by atoms with Gasteiger partial charge in [0, 0.05) is 16.6 Å². The van der Waals surface area contributed by atoms with Crippen LogP contribution in [0.1, 0.15) is 24.2 Å². The molecule has 24 heavy (non-hydrogen) atoms. The lowest BCUT2D eigenvalue weighted by atomic mass is 10.2. The second-order valence-electron chi connectivity index (χ2n) is 5.59. The average molecular weight is 367 g/mol. The number of hydrogen-bond donors (Lipinski definition) is 2. The van der Waals surface area contributed by atoms with Gasteiger partial charge in [0.05, 0.1) is 18.2 Å². The smallest absolute Gasteiger partial charge is 0.252 e. The largest absolute Gasteiger partial charge is 0.492 e. The van der Waals surface area contributed by atoms with E-state index < -0.39 is 0 Å². The summed E-state index contributed by atoms with van der Waals surface area (Å²) in [7, 11) is 0. The van der Waals surface area contributed by atoms with Crippen LogP contribution in [-0.4, -0.2) is 25.0 Å². The number of carbonyl (C=O) groups is 2. The molecule has 0 unspecified atom stereocenters. The van der Waals surface area contributed by atoms with Crippen LogP contribution in [0.2, 0.25) is 5.02 Å². The Bertz CT molecular complexity index is 702. The highest BCUT2D eigenvalue weighted by Crippen LogP contribution is 2.28. The van der Waals surface area contributed by atoms with E-state index in [1.165, 1.54) is 11.3 Å². The monoisotopic (exact) mass is 366 g/mol. The highest BCUT2D eigenvalue weighted by atomic mass is 35.5. The second kappa shape index (κ2) is 8.70. The predicted molar refractivity (Wildman–Crippen MR) is 97.1 cm³/mol. The van der Waals surface area contributed by atoms with Crippen LogP contribution in [0, 0.1) is 5.92 Å². The van der Waals surface area contributed by atoms with E-state index in [0.29, 0.717) is 34.5 Å². The summed E-state index contributed by atoms with van der Waals surface area (Å²) in [6.07, 6.45) is 0. The Hall–Kier alpha value is -2.05. The summed E-state index contributed by atoms with van der Waals surface area (Å²) < 4.78 is 5.58. The fourth-order valence-electron chi connectivity index (χ4n) is 1.81. The van der Waals surface area contributed by atoms with Gasteiger partial charge in [-0.3, -0.25) is 9.59 Å². The van der Waals surface area contributed by atoms with Crippen molar-refractivity contribution in [2.75, 3.05) is 18.5 Å². The van der Waals surface area contributed by atoms with Crippen LogP contribution in [0.15, 0.2) is 35.0 Å². The normalized spacial score (nSPS) is 10.5. The third-order valence-corrected chi connectivity index (χ3v) is 3.96. The third kappa shape index (κ3) is 5.54. The lowest BCUT2D eigenvalue weighted by molar-refractivity contribution is -0.115. The standard InChI is InChI=1S/C17H19ClN2O3S/c1-11(2)9-23-15-4-3-13(7-14(15)18)20-16(21)8-19-17(22)12-5-6-24-10-12/h3-7,10-11H,8-9H2,1-2H3,(H,19,22)(H,20,21). The van der Waals surface area contributed by atoms with Crippen molar-refractivity contribution in [2.45, 2.75) is 13.8 Å². The maximum atomic E-state index is 11.9. The van der Waals surface area contributed by atoms with Gasteiger partial charge in [-0.15, -0.1) is 0 Å². The maximum absolute atomic E-state index is 11.9. The topological polar surface area (TPSA) is 67.4 Å². The molecule has 2 rings (SSSR count). The molecule has 0 aliphatic carbocycles. The van der Waals surface area contributed by atoms with Crippen molar-refractivity contribution in [3.63, 3.8) is 0 Å². The van der Waals surface area contributed by atoms with Crippen molar-refractivity contribution < 1.29 is 14.3 Å². The predicted octanol–water partition coefficient (Wildman–Crippen LogP) is 3.80. The number of hydrogen-bond acceptors (Lipinski definition) is 4. The van der Waals surface area contributed by atoms with E-state index in [0.717, 1.165) is 0 Å². The minimum absolute atomic E-state index is 0.113. The van der Waals surface area contributed by atoms with Crippen molar-refractivity contribution in [3.8, 4) is 5.75 Å². The molecule has 0 bridgehead atoms. The molecule has 1 aromatic carbocycles. The van der Waals surface area contributed by atoms with Crippen LogP contribution in [0.4, 0.5) is 5.69 Å². The summed E-state index contributed by atoms with van der Waals surface area (Å²) in [4.78, 5) is 23.7. The van der Waals surface area contributed by atoms with Gasteiger partial charge < -0.3 is 15.4 Å². The van der Waals surface area contributed by atoms with Crippen LogP contribution >= 0.6 is 22.9 Å². The van der Waals surface area contributed by atoms with E-state index in [4.69, 9.17) is 16.3 Å². The van der Waals surface area contributed by atoms with Crippen LogP contribution in [0.25, 0.3) is 0 Å². The summed E-state index contributed by atoms with van der Waals surface area (Å²) in [5.74, 6) is 0.369. The summed E-state index contributed by atoms with van der Waals surface area (Å²) in [5, 5.41) is 9.20. The Morgan fingerprint density at radius 1 is 1.29 bits per heavy atom. The second-order valence-corrected chi connectivity index (χ2v) is 6.78. The van der Waals surface area contributed by atoms with E-state index in [1.807, 2.05) is 13.8 Å². The molecule has 1 aromatic heterocycles. The molecular weight excluding hydrogens is 348 g/mol. The molecule has 2 amide bonds. The fraction of sp³-hybridized carbons (Fsp3) is 0.294. The first-order chi connectivity index (χ1) is 11.5. The Balaban J connectivity index is 1.85. The number of benzene rings is 1. The summed E-state index contributed by atoms with van der Waals surface area (Å²) in [5.41, 5.74) is 1.09. The molecule has 0 radical (unpaired) electrons. The van der Waals surface area contributed by atoms with Crippen LogP contribution in [-0.2, 0) is 4.79 Å². The van der Waals surface area contributed by atoms with Crippen LogP contribution < -0.4 is 15.4 Å². The van der Waals surface area contributed by atoms with Crippen molar-refractivity contribution in [1.29, 1.82) is 0 Å². The molecule has 0 atom stereocenters. The van der Waals surface area contributed by atoms with Gasteiger partial charge in [-0.25, -0.2) is 0 Å². The lowest BCUT2D eigenvalue weighted by Gasteiger charge is -2.12. The molecule has 0 aliphatic rings. The van der Waals surface area contributed by atoms with Crippen molar-refractivity contribution in [2.24, 2.45) is 5.92 Å². The van der Waals surface area contributed by atoms with Crippen molar-refractivity contribution >= 4 is 40.4 Å². The van der Waals surface area contributed by atoms with E-state index in [9.17, 15) is 9.59 Å². The van der Waals surface area contributed by atoms with Crippen LogP contribution in [0.3, 0.4) is 0 Å². The summed E-state index contributed by atoms with van der Waals surface area (Å²) in [6, 6.07) is 6.74. The average Bonchev–Trinajstić information content (AvgIpc) is 3.06. The van der Waals surface area contributed by atoms with Gasteiger partial charge in [-0.2, -0.15) is 11.3 Å². The van der Waals surface area contributed by atoms with Gasteiger partial charge in [-0.1, -0.05) is 25.4 Å². The molecule has 5 nitrogen and oxygen atoms in total. The lowest BCUT2D eigenvalue weighted by Crippen LogP contribution is -2.32. The van der Waals surface area contributed by atoms with Gasteiger partial charge in [0.1, 0.15) is 5.75 Å². The first kappa shape index (κ1) is 18.3. The zero-order valence-corrected chi connectivity index (χ0v) is 15.0. The molecular formula is C17H19ClN2O3S. The summed E-state index contributed by atoms with van der Waals surface area (Å²) >= 11 is 7.57. The number of carbonyl (C=O) groups excluding carboxylic acids is 2. The molecule has 2 N–H and O–H groups in total. The maximum Gasteiger partial charge on any atom is 0.252 e. The molecule has 0 saturated carbocycles. The molecule has 0 saturated heterocycles. The fourth-order valence-corrected chi connectivity index (χ4v) is 2.68. The minimum atomic E-state index is -0.328. The highest BCUT2D eigenvalue weighted by Gasteiger charge is 2.10. The zero-order valence-electron chi connectivity index (χ0n) is 13.5. The minimum Gasteiger partial charge on any atom is -0.492 e.